The van der Waals surface area contributed by atoms with Gasteiger partial charge in [-0.3, -0.25) is 4.79 Å². The highest BCUT2D eigenvalue weighted by molar-refractivity contribution is 8.00. The van der Waals surface area contributed by atoms with Crippen LogP contribution in [0.15, 0.2) is 11.0 Å². The average Bonchev–Trinajstić information content (AvgIpc) is 2.23. The quantitative estimate of drug-likeness (QED) is 0.652. The van der Waals surface area contributed by atoms with Crippen molar-refractivity contribution in [2.75, 3.05) is 0 Å². The number of hydrogen-bond acceptors (Lipinski definition) is 2. The molecule has 1 aliphatic heterocycles. The molecule has 0 amide bonds. The Bertz CT molecular complexity index is 582. The van der Waals surface area contributed by atoms with Crippen LogP contribution in [0.4, 0.5) is 0 Å². The molecule has 1 unspecified atom stereocenters. The number of carbonyl (C=O) groups excluding carboxylic acids is 1. The molecule has 0 N–H and O–H groups in total. The lowest BCUT2D eigenvalue weighted by atomic mass is 9.67. The SMILES string of the molecule is CC(=O)c1c(C)cc2c(c1C)C(C)(C)C(C)C(C)(C)S2. The molecular weight excluding hydrogens is 264 g/mol. The molecule has 0 saturated heterocycles. The largest absolute Gasteiger partial charge is 0.294 e. The third-order valence-electron chi connectivity index (χ3n) is 5.23. The van der Waals surface area contributed by atoms with Crippen LogP contribution in [0.1, 0.15) is 68.6 Å². The molecule has 1 aliphatic rings. The zero-order valence-corrected chi connectivity index (χ0v) is 14.8. The molecule has 0 spiro atoms. The van der Waals surface area contributed by atoms with Gasteiger partial charge in [0.2, 0.25) is 0 Å². The third kappa shape index (κ3) is 2.13. The molecule has 110 valence electrons. The number of hydrogen-bond donors (Lipinski definition) is 0. The molecule has 0 fully saturated rings. The van der Waals surface area contributed by atoms with E-state index in [0.717, 1.165) is 11.1 Å². The first kappa shape index (κ1) is 15.6. The Hall–Kier alpha value is -0.760. The molecular formula is C18H26OS. The highest BCUT2D eigenvalue weighted by atomic mass is 32.2. The summed E-state index contributed by atoms with van der Waals surface area (Å²) in [7, 11) is 0. The van der Waals surface area contributed by atoms with Crippen molar-refractivity contribution in [2.24, 2.45) is 5.92 Å². The number of aryl methyl sites for hydroxylation is 1. The summed E-state index contributed by atoms with van der Waals surface area (Å²) in [5.74, 6) is 0.731. The Labute approximate surface area is 127 Å². The second-order valence-electron chi connectivity index (χ2n) is 7.27. The molecule has 1 nitrogen and oxygen atoms in total. The molecule has 2 rings (SSSR count). The second kappa shape index (κ2) is 4.62. The van der Waals surface area contributed by atoms with Crippen LogP contribution in [-0.2, 0) is 5.41 Å². The van der Waals surface area contributed by atoms with Crippen LogP contribution in [0.25, 0.3) is 0 Å². The molecule has 2 heteroatoms. The molecule has 20 heavy (non-hydrogen) atoms. The fraction of sp³-hybridized carbons (Fsp3) is 0.611. The molecule has 0 radical (unpaired) electrons. The van der Waals surface area contributed by atoms with Crippen molar-refractivity contribution in [3.63, 3.8) is 0 Å². The van der Waals surface area contributed by atoms with E-state index in [0.29, 0.717) is 5.92 Å². The van der Waals surface area contributed by atoms with Crippen molar-refractivity contribution < 1.29 is 4.79 Å². The van der Waals surface area contributed by atoms with Gasteiger partial charge >= 0.3 is 0 Å². The van der Waals surface area contributed by atoms with Gasteiger partial charge in [0.15, 0.2) is 5.78 Å². The van der Waals surface area contributed by atoms with E-state index in [-0.39, 0.29) is 15.9 Å². The summed E-state index contributed by atoms with van der Waals surface area (Å²) in [5, 5.41) is 0. The maximum Gasteiger partial charge on any atom is 0.160 e. The van der Waals surface area contributed by atoms with E-state index in [1.807, 2.05) is 11.8 Å². The molecule has 1 heterocycles. The summed E-state index contributed by atoms with van der Waals surface area (Å²) in [6.45, 7) is 17.5. The molecule has 1 aromatic carbocycles. The van der Waals surface area contributed by atoms with Gasteiger partial charge in [-0.2, -0.15) is 0 Å². The predicted molar refractivity (Wildman–Crippen MR) is 88.0 cm³/mol. The topological polar surface area (TPSA) is 17.1 Å². The number of rotatable bonds is 1. The average molecular weight is 290 g/mol. The van der Waals surface area contributed by atoms with Crippen LogP contribution in [0.3, 0.4) is 0 Å². The number of Topliss-reactive ketones (excluding diaryl/α,β-unsaturated/α-hetero) is 1. The van der Waals surface area contributed by atoms with Gasteiger partial charge in [0, 0.05) is 15.2 Å². The van der Waals surface area contributed by atoms with Crippen molar-refractivity contribution in [1.29, 1.82) is 0 Å². The lowest BCUT2D eigenvalue weighted by Crippen LogP contribution is -2.44. The monoisotopic (exact) mass is 290 g/mol. The third-order valence-corrected chi connectivity index (χ3v) is 6.65. The van der Waals surface area contributed by atoms with Crippen molar-refractivity contribution in [1.82, 2.24) is 0 Å². The Morgan fingerprint density at radius 2 is 1.75 bits per heavy atom. The van der Waals surface area contributed by atoms with Crippen LogP contribution in [0, 0.1) is 19.8 Å². The fourth-order valence-electron chi connectivity index (χ4n) is 3.83. The summed E-state index contributed by atoms with van der Waals surface area (Å²) in [4.78, 5) is 13.3. The van der Waals surface area contributed by atoms with Gasteiger partial charge in [-0.25, -0.2) is 0 Å². The molecule has 0 bridgehead atoms. The zero-order valence-electron chi connectivity index (χ0n) is 14.0. The van der Waals surface area contributed by atoms with Crippen LogP contribution < -0.4 is 0 Å². The predicted octanol–water partition coefficient (Wildman–Crippen LogP) is 5.30. The number of carbonyl (C=O) groups is 1. The fourth-order valence-corrected chi connectivity index (χ4v) is 5.62. The van der Waals surface area contributed by atoms with Gasteiger partial charge in [-0.15, -0.1) is 11.8 Å². The Morgan fingerprint density at radius 1 is 1.20 bits per heavy atom. The van der Waals surface area contributed by atoms with Crippen molar-refractivity contribution in [2.45, 2.75) is 70.4 Å². The van der Waals surface area contributed by atoms with Gasteiger partial charge in [0.05, 0.1) is 0 Å². The number of fused-ring (bicyclic) bond motifs is 1. The summed E-state index contributed by atoms with van der Waals surface area (Å²) in [5.41, 5.74) is 4.69. The van der Waals surface area contributed by atoms with E-state index in [4.69, 9.17) is 0 Å². The maximum atomic E-state index is 12.0. The highest BCUT2D eigenvalue weighted by Crippen LogP contribution is 2.56. The second-order valence-corrected chi connectivity index (χ2v) is 8.97. The highest BCUT2D eigenvalue weighted by Gasteiger charge is 2.46. The van der Waals surface area contributed by atoms with E-state index in [1.165, 1.54) is 16.0 Å². The van der Waals surface area contributed by atoms with Crippen molar-refractivity contribution >= 4 is 17.5 Å². The first-order valence-electron chi connectivity index (χ1n) is 7.34. The smallest absolute Gasteiger partial charge is 0.160 e. The van der Waals surface area contributed by atoms with E-state index in [2.05, 4.69) is 54.5 Å². The van der Waals surface area contributed by atoms with Crippen molar-refractivity contribution in [3.8, 4) is 0 Å². The summed E-state index contributed by atoms with van der Waals surface area (Å²) < 4.78 is 0.215. The standard InChI is InChI=1S/C18H26OS/c1-10-9-14-16(11(2)15(10)12(3)19)17(5,6)13(4)18(7,8)20-14/h9,13H,1-8H3. The van der Waals surface area contributed by atoms with E-state index in [1.54, 1.807) is 6.92 Å². The normalized spacial score (nSPS) is 23.3. The van der Waals surface area contributed by atoms with Gasteiger partial charge in [-0.05, 0) is 54.9 Å². The minimum Gasteiger partial charge on any atom is -0.294 e. The Kier molecular flexibility index (Phi) is 3.61. The van der Waals surface area contributed by atoms with E-state index < -0.39 is 0 Å². The summed E-state index contributed by atoms with van der Waals surface area (Å²) in [6, 6.07) is 2.22. The first-order chi connectivity index (χ1) is 9.00. The number of benzene rings is 1. The molecule has 0 saturated carbocycles. The van der Waals surface area contributed by atoms with E-state index >= 15 is 0 Å². The molecule has 1 aromatic rings. The van der Waals surface area contributed by atoms with E-state index in [9.17, 15) is 4.79 Å². The van der Waals surface area contributed by atoms with Gasteiger partial charge in [-0.1, -0.05) is 34.6 Å². The summed E-state index contributed by atoms with van der Waals surface area (Å²) >= 11 is 1.96. The Morgan fingerprint density at radius 3 is 2.25 bits per heavy atom. The molecule has 0 aliphatic carbocycles. The summed E-state index contributed by atoms with van der Waals surface area (Å²) in [6.07, 6.45) is 0. The van der Waals surface area contributed by atoms with Gasteiger partial charge < -0.3 is 0 Å². The minimum absolute atomic E-state index is 0.0894. The van der Waals surface area contributed by atoms with Crippen LogP contribution in [0.2, 0.25) is 0 Å². The van der Waals surface area contributed by atoms with Gasteiger partial charge in [0.1, 0.15) is 0 Å². The Balaban J connectivity index is 2.81. The van der Waals surface area contributed by atoms with Crippen molar-refractivity contribution in [3.05, 3.63) is 28.3 Å². The van der Waals surface area contributed by atoms with Gasteiger partial charge in [0.25, 0.3) is 0 Å². The number of thioether (sulfide) groups is 1. The zero-order chi connectivity index (χ0) is 15.5. The minimum atomic E-state index is 0.0894. The lowest BCUT2D eigenvalue weighted by Gasteiger charge is -2.49. The van der Waals surface area contributed by atoms with Crippen LogP contribution in [-0.4, -0.2) is 10.5 Å². The lowest BCUT2D eigenvalue weighted by molar-refractivity contribution is 0.101. The maximum absolute atomic E-state index is 12.0. The van der Waals surface area contributed by atoms with Crippen LogP contribution in [0.5, 0.6) is 0 Å². The first-order valence-corrected chi connectivity index (χ1v) is 8.16. The van der Waals surface area contributed by atoms with Crippen LogP contribution >= 0.6 is 11.8 Å². The number of ketones is 1. The molecule has 1 atom stereocenters. The molecule has 0 aromatic heterocycles.